The van der Waals surface area contributed by atoms with Crippen molar-refractivity contribution in [2.24, 2.45) is 5.73 Å². The number of carbonyl (C=O) groups is 1. The monoisotopic (exact) mass is 327 g/mol. The Morgan fingerprint density at radius 3 is 2.83 bits per heavy atom. The van der Waals surface area contributed by atoms with E-state index in [1.165, 1.54) is 0 Å². The molecule has 0 aromatic carbocycles. The number of hydrogen-bond donors (Lipinski definition) is 1. The SMILES string of the molecule is Cc1cccn2c(C(=O)N3CCC(N4CCC(N)CC4)C3)cnc12. The smallest absolute Gasteiger partial charge is 0.272 e. The third kappa shape index (κ3) is 2.70. The highest BCUT2D eigenvalue weighted by Crippen LogP contribution is 2.22. The zero-order chi connectivity index (χ0) is 16.7. The molecular formula is C18H25N5O. The van der Waals surface area contributed by atoms with E-state index >= 15 is 0 Å². The van der Waals surface area contributed by atoms with Gasteiger partial charge in [-0.15, -0.1) is 0 Å². The van der Waals surface area contributed by atoms with Crippen LogP contribution in [0.5, 0.6) is 0 Å². The van der Waals surface area contributed by atoms with E-state index in [0.29, 0.717) is 17.8 Å². The Labute approximate surface area is 142 Å². The minimum atomic E-state index is 0.0873. The number of rotatable bonds is 2. The molecule has 2 fully saturated rings. The fourth-order valence-electron chi connectivity index (χ4n) is 3.98. The number of nitrogens with zero attached hydrogens (tertiary/aromatic N) is 4. The molecule has 2 aromatic rings. The van der Waals surface area contributed by atoms with Gasteiger partial charge in [0.15, 0.2) is 0 Å². The van der Waals surface area contributed by atoms with Crippen LogP contribution in [0, 0.1) is 6.92 Å². The molecule has 0 spiro atoms. The van der Waals surface area contributed by atoms with Crippen molar-refractivity contribution in [2.45, 2.75) is 38.3 Å². The number of aryl methyl sites for hydroxylation is 1. The number of carbonyl (C=O) groups excluding carboxylic acids is 1. The van der Waals surface area contributed by atoms with Gasteiger partial charge in [-0.2, -0.15) is 0 Å². The molecule has 1 amide bonds. The van der Waals surface area contributed by atoms with Crippen molar-refractivity contribution in [3.05, 3.63) is 35.8 Å². The number of imidazole rings is 1. The highest BCUT2D eigenvalue weighted by molar-refractivity contribution is 5.93. The quantitative estimate of drug-likeness (QED) is 0.902. The minimum Gasteiger partial charge on any atom is -0.336 e. The Hall–Kier alpha value is -1.92. The number of hydrogen-bond acceptors (Lipinski definition) is 4. The molecule has 0 saturated carbocycles. The van der Waals surface area contributed by atoms with Gasteiger partial charge in [0.2, 0.25) is 0 Å². The van der Waals surface area contributed by atoms with Crippen LogP contribution < -0.4 is 5.73 Å². The van der Waals surface area contributed by atoms with Crippen molar-refractivity contribution in [3.63, 3.8) is 0 Å². The molecule has 2 aliphatic rings. The molecule has 4 heterocycles. The Balaban J connectivity index is 1.48. The second-order valence-electron chi connectivity index (χ2n) is 7.10. The summed E-state index contributed by atoms with van der Waals surface area (Å²) in [6.07, 6.45) is 6.81. The third-order valence-electron chi connectivity index (χ3n) is 5.49. The first-order valence-electron chi connectivity index (χ1n) is 8.85. The number of aromatic nitrogens is 2. The average Bonchev–Trinajstić information content (AvgIpc) is 3.23. The Morgan fingerprint density at radius 2 is 2.04 bits per heavy atom. The number of piperidine rings is 1. The molecule has 6 nitrogen and oxygen atoms in total. The summed E-state index contributed by atoms with van der Waals surface area (Å²) in [5.74, 6) is 0.0873. The maximum absolute atomic E-state index is 12.9. The van der Waals surface area contributed by atoms with Crippen molar-refractivity contribution < 1.29 is 4.79 Å². The zero-order valence-electron chi connectivity index (χ0n) is 14.2. The molecule has 0 radical (unpaired) electrons. The molecular weight excluding hydrogens is 302 g/mol. The molecule has 0 bridgehead atoms. The van der Waals surface area contributed by atoms with E-state index < -0.39 is 0 Å². The van der Waals surface area contributed by atoms with Gasteiger partial charge in [-0.25, -0.2) is 4.98 Å². The lowest BCUT2D eigenvalue weighted by Gasteiger charge is -2.34. The highest BCUT2D eigenvalue weighted by Gasteiger charge is 2.33. The summed E-state index contributed by atoms with van der Waals surface area (Å²) in [5.41, 5.74) is 8.61. The van der Waals surface area contributed by atoms with E-state index in [0.717, 1.165) is 56.7 Å². The summed E-state index contributed by atoms with van der Waals surface area (Å²) >= 11 is 0. The van der Waals surface area contributed by atoms with E-state index in [2.05, 4.69) is 9.88 Å². The summed E-state index contributed by atoms with van der Waals surface area (Å²) in [4.78, 5) is 21.8. The molecule has 1 unspecified atom stereocenters. The second-order valence-corrected chi connectivity index (χ2v) is 7.10. The van der Waals surface area contributed by atoms with Crippen LogP contribution in [0.1, 0.15) is 35.3 Å². The standard InChI is InChI=1S/C18H25N5O/c1-13-3-2-7-23-16(11-20-17(13)23)18(24)22-10-6-15(12-22)21-8-4-14(19)5-9-21/h2-3,7,11,14-15H,4-6,8-10,12,19H2,1H3. The highest BCUT2D eigenvalue weighted by atomic mass is 16.2. The van der Waals surface area contributed by atoms with Crippen molar-refractivity contribution in [2.75, 3.05) is 26.2 Å². The molecule has 2 saturated heterocycles. The van der Waals surface area contributed by atoms with Gasteiger partial charge in [-0.05, 0) is 50.9 Å². The van der Waals surface area contributed by atoms with Crippen LogP contribution in [-0.2, 0) is 0 Å². The summed E-state index contributed by atoms with van der Waals surface area (Å²) in [5, 5.41) is 0. The van der Waals surface area contributed by atoms with Crippen LogP contribution in [0.15, 0.2) is 24.5 Å². The van der Waals surface area contributed by atoms with Gasteiger partial charge in [-0.1, -0.05) is 6.07 Å². The lowest BCUT2D eigenvalue weighted by molar-refractivity contribution is 0.0762. The van der Waals surface area contributed by atoms with Crippen molar-refractivity contribution in [3.8, 4) is 0 Å². The van der Waals surface area contributed by atoms with Crippen molar-refractivity contribution >= 4 is 11.6 Å². The summed E-state index contributed by atoms with van der Waals surface area (Å²) < 4.78 is 1.91. The third-order valence-corrected chi connectivity index (χ3v) is 5.49. The Morgan fingerprint density at radius 1 is 1.25 bits per heavy atom. The van der Waals surface area contributed by atoms with Gasteiger partial charge in [0.1, 0.15) is 11.3 Å². The molecule has 2 aromatic heterocycles. The molecule has 2 N–H and O–H groups in total. The van der Waals surface area contributed by atoms with Crippen LogP contribution in [0.2, 0.25) is 0 Å². The van der Waals surface area contributed by atoms with E-state index in [1.807, 2.05) is 34.6 Å². The van der Waals surface area contributed by atoms with Gasteiger partial charge < -0.3 is 10.6 Å². The maximum Gasteiger partial charge on any atom is 0.272 e. The van der Waals surface area contributed by atoms with E-state index in [1.54, 1.807) is 6.20 Å². The maximum atomic E-state index is 12.9. The second kappa shape index (κ2) is 6.18. The van der Waals surface area contributed by atoms with Crippen molar-refractivity contribution in [1.29, 1.82) is 0 Å². The number of likely N-dealkylation sites (tertiary alicyclic amines) is 2. The fourth-order valence-corrected chi connectivity index (χ4v) is 3.98. The number of amides is 1. The predicted octanol–water partition coefficient (Wildman–Crippen LogP) is 1.28. The van der Waals surface area contributed by atoms with Crippen LogP contribution in [-0.4, -0.2) is 63.4 Å². The van der Waals surface area contributed by atoms with Gasteiger partial charge in [0.25, 0.3) is 5.91 Å². The summed E-state index contributed by atoms with van der Waals surface area (Å²) in [6, 6.07) is 4.80. The van der Waals surface area contributed by atoms with E-state index in [4.69, 9.17) is 5.73 Å². The molecule has 128 valence electrons. The van der Waals surface area contributed by atoms with Gasteiger partial charge in [0, 0.05) is 31.4 Å². The van der Waals surface area contributed by atoms with E-state index in [-0.39, 0.29) is 5.91 Å². The van der Waals surface area contributed by atoms with E-state index in [9.17, 15) is 4.79 Å². The minimum absolute atomic E-state index is 0.0873. The molecule has 0 aliphatic carbocycles. The predicted molar refractivity (Wildman–Crippen MR) is 93.0 cm³/mol. The normalized spacial score (nSPS) is 23.2. The summed E-state index contributed by atoms with van der Waals surface area (Å²) in [6.45, 7) is 5.77. The number of pyridine rings is 1. The first-order chi connectivity index (χ1) is 11.6. The summed E-state index contributed by atoms with van der Waals surface area (Å²) in [7, 11) is 0. The van der Waals surface area contributed by atoms with Crippen molar-refractivity contribution in [1.82, 2.24) is 19.2 Å². The molecule has 4 rings (SSSR count). The van der Waals surface area contributed by atoms with Gasteiger partial charge >= 0.3 is 0 Å². The van der Waals surface area contributed by atoms with Crippen LogP contribution in [0.25, 0.3) is 5.65 Å². The lowest BCUT2D eigenvalue weighted by Crippen LogP contribution is -2.46. The lowest BCUT2D eigenvalue weighted by atomic mass is 10.0. The molecule has 24 heavy (non-hydrogen) atoms. The Kier molecular flexibility index (Phi) is 4.02. The molecule has 1 atom stereocenters. The topological polar surface area (TPSA) is 66.9 Å². The van der Waals surface area contributed by atoms with Crippen LogP contribution >= 0.6 is 0 Å². The fraction of sp³-hybridized carbons (Fsp3) is 0.556. The van der Waals surface area contributed by atoms with Crippen LogP contribution in [0.4, 0.5) is 0 Å². The molecule has 2 aliphatic heterocycles. The molecule has 6 heteroatoms. The van der Waals surface area contributed by atoms with Gasteiger partial charge in [-0.3, -0.25) is 14.1 Å². The average molecular weight is 327 g/mol. The first-order valence-corrected chi connectivity index (χ1v) is 8.85. The Bertz CT molecular complexity index is 747. The first kappa shape index (κ1) is 15.6. The van der Waals surface area contributed by atoms with Crippen LogP contribution in [0.3, 0.4) is 0 Å². The largest absolute Gasteiger partial charge is 0.336 e. The zero-order valence-corrected chi connectivity index (χ0v) is 14.2. The van der Waals surface area contributed by atoms with Gasteiger partial charge in [0.05, 0.1) is 6.20 Å². The number of nitrogens with two attached hydrogens (primary N) is 1. The number of fused-ring (bicyclic) bond motifs is 1.